The van der Waals surface area contributed by atoms with E-state index in [0.717, 1.165) is 43.8 Å². The van der Waals surface area contributed by atoms with Crippen LogP contribution in [0.2, 0.25) is 0 Å². The van der Waals surface area contributed by atoms with Crippen LogP contribution in [0.4, 0.5) is 0 Å². The third kappa shape index (κ3) is 18.9. The molecule has 8 bridgehead atoms. The zero-order chi connectivity index (χ0) is 56.2. The first-order valence-corrected chi connectivity index (χ1v) is 33.1. The van der Waals surface area contributed by atoms with Crippen molar-refractivity contribution >= 4 is 63.0 Å². The summed E-state index contributed by atoms with van der Waals surface area (Å²) in [5.41, 5.74) is 6.45. The normalized spacial score (nSPS) is 11.9. The number of nitrogens with zero attached hydrogens (tertiary/aromatic N) is 7. The van der Waals surface area contributed by atoms with Gasteiger partial charge in [0.25, 0.3) is 0 Å². The Labute approximate surface area is 506 Å². The summed E-state index contributed by atoms with van der Waals surface area (Å²) in [7, 11) is 0. The predicted octanol–water partition coefficient (Wildman–Crippen LogP) is 20.6. The van der Waals surface area contributed by atoms with E-state index in [-0.39, 0.29) is 18.9 Å². The van der Waals surface area contributed by atoms with E-state index in [0.29, 0.717) is 45.9 Å². The number of nitrogens with one attached hydrogen (secondary N) is 2. The van der Waals surface area contributed by atoms with Gasteiger partial charge < -0.3 is 14.5 Å². The Morgan fingerprint density at radius 1 is 0.256 bits per heavy atom. The van der Waals surface area contributed by atoms with Crippen molar-refractivity contribution in [1.29, 1.82) is 0 Å². The van der Waals surface area contributed by atoms with Crippen LogP contribution in [0, 0.1) is 0 Å². The minimum atomic E-state index is 0. The first-order chi connectivity index (χ1) is 40.0. The monoisotopic (exact) mass is 1100 g/mol. The topological polar surface area (TPSA) is 109 Å². The molecule has 0 saturated carbocycles. The van der Waals surface area contributed by atoms with E-state index in [4.69, 9.17) is 29.9 Å². The fraction of sp³-hybridized carbons (Fsp3) is 0.556. The molecular formula is C72H103LiN9+. The molecule has 9 nitrogen and oxygen atoms in total. The predicted molar refractivity (Wildman–Crippen MR) is 353 cm³/mol. The van der Waals surface area contributed by atoms with Crippen LogP contribution in [0.3, 0.4) is 0 Å². The van der Waals surface area contributed by atoms with Gasteiger partial charge in [0, 0.05) is 43.8 Å². The van der Waals surface area contributed by atoms with Gasteiger partial charge in [-0.2, -0.15) is 0 Å². The molecule has 0 fully saturated rings. The number of aromatic amines is 2. The summed E-state index contributed by atoms with van der Waals surface area (Å²) >= 11 is 0. The molecule has 4 aromatic carbocycles. The maximum atomic E-state index is 5.02. The molecule has 9 rings (SSSR count). The van der Waals surface area contributed by atoms with Crippen LogP contribution in [0.25, 0.3) is 89.7 Å². The third-order valence-electron chi connectivity index (χ3n) is 17.4. The van der Waals surface area contributed by atoms with Gasteiger partial charge in [0.1, 0.15) is 22.6 Å². The van der Waals surface area contributed by atoms with Crippen molar-refractivity contribution in [3.8, 4) is 45.6 Å². The molecule has 2 aliphatic heterocycles. The average Bonchev–Trinajstić information content (AvgIpc) is 3.76. The summed E-state index contributed by atoms with van der Waals surface area (Å²) in [4.78, 5) is 36.8. The van der Waals surface area contributed by atoms with Gasteiger partial charge in [-0.25, -0.2) is 29.9 Å². The van der Waals surface area contributed by atoms with Gasteiger partial charge in [-0.3, -0.25) is 0 Å². The molecule has 0 aliphatic carbocycles. The average molecular weight is 1100 g/mol. The minimum absolute atomic E-state index is 0. The summed E-state index contributed by atoms with van der Waals surface area (Å²) in [5.74, 6) is 2.39. The maximum absolute atomic E-state index is 5.02. The summed E-state index contributed by atoms with van der Waals surface area (Å²) in [6, 6.07) is 32.2. The quantitative estimate of drug-likeness (QED) is 0.0230. The Balaban J connectivity index is 0.000000233. The first-order valence-electron chi connectivity index (χ1n) is 33.1. The molecule has 0 saturated heterocycles. The number of H-pyrrole nitrogens is 2. The Kier molecular flexibility index (Phi) is 28.1. The number of aromatic nitrogens is 8. The van der Waals surface area contributed by atoms with Gasteiger partial charge in [-0.1, -0.05) is 285 Å². The van der Waals surface area contributed by atoms with E-state index < -0.39 is 0 Å². The van der Waals surface area contributed by atoms with E-state index in [1.54, 1.807) is 0 Å². The Bertz CT molecular complexity index is 2740. The minimum Gasteiger partial charge on any atom is -0.324 e. The van der Waals surface area contributed by atoms with Gasteiger partial charge in [0.15, 0.2) is 23.3 Å². The van der Waals surface area contributed by atoms with Gasteiger partial charge in [0.2, 0.25) is 0 Å². The fourth-order valence-electron chi connectivity index (χ4n) is 12.6. The zero-order valence-corrected chi connectivity index (χ0v) is 50.8. The van der Waals surface area contributed by atoms with Gasteiger partial charge in [-0.05, 0) is 44.9 Å². The maximum Gasteiger partial charge on any atom is 0.164 e. The van der Waals surface area contributed by atoms with Crippen molar-refractivity contribution in [2.24, 2.45) is 0 Å². The van der Waals surface area contributed by atoms with E-state index in [2.05, 4.69) is 37.7 Å². The van der Waals surface area contributed by atoms with Crippen molar-refractivity contribution in [2.75, 3.05) is 26.2 Å². The van der Waals surface area contributed by atoms with E-state index in [1.165, 1.54) is 236 Å². The summed E-state index contributed by atoms with van der Waals surface area (Å²) in [6.45, 7) is 15.3. The molecule has 5 heterocycles. The number of rotatable bonds is 36. The van der Waals surface area contributed by atoms with E-state index in [1.807, 2.05) is 97.1 Å². The molecule has 0 unspecified atom stereocenters. The Morgan fingerprint density at radius 3 is 0.707 bits per heavy atom. The van der Waals surface area contributed by atoms with E-state index in [9.17, 15) is 0 Å². The van der Waals surface area contributed by atoms with Crippen LogP contribution in [0.5, 0.6) is 0 Å². The molecule has 82 heavy (non-hydrogen) atoms. The largest absolute Gasteiger partial charge is 0.324 e. The van der Waals surface area contributed by atoms with Gasteiger partial charge >= 0.3 is 18.9 Å². The van der Waals surface area contributed by atoms with Crippen LogP contribution < -0.4 is 0 Å². The van der Waals surface area contributed by atoms with Gasteiger partial charge in [-0.15, -0.1) is 0 Å². The smallest absolute Gasteiger partial charge is 0.164 e. The number of unbranched alkanes of at least 4 members (excludes halogenated alkanes) is 28. The summed E-state index contributed by atoms with van der Waals surface area (Å²) in [5, 5.41) is 3.82. The number of hydrogen-bond acceptors (Lipinski definition) is 6. The van der Waals surface area contributed by atoms with Crippen molar-refractivity contribution in [2.45, 2.75) is 233 Å². The Morgan fingerprint density at radius 2 is 0.463 bits per heavy atom. The third-order valence-corrected chi connectivity index (χ3v) is 17.4. The zero-order valence-electron chi connectivity index (χ0n) is 50.8. The number of benzene rings is 4. The van der Waals surface area contributed by atoms with Crippen LogP contribution in [0.1, 0.15) is 233 Å². The second-order valence-corrected chi connectivity index (χ2v) is 23.9. The molecule has 0 spiro atoms. The molecule has 3 aromatic heterocycles. The SMILES string of the molecule is CCCCCCCCCCCC[N+](CCCC)(CCCCCCCCCCCC)CCCCCCCCCCCC.[LiH].c1ccc2c(c1)-c1nc-2nc2[nH]c(nc3nc(nc4[nH]c(n1)c1ccccc41)-c1ccccc1-3)c1ccccc21. The molecule has 0 radical (unpaired) electrons. The van der Waals surface area contributed by atoms with Gasteiger partial charge in [0.05, 0.1) is 26.2 Å². The second kappa shape index (κ2) is 35.8. The number of quaternary nitrogens is 1. The number of hydrogen-bond donors (Lipinski definition) is 2. The fourth-order valence-corrected chi connectivity index (χ4v) is 12.6. The van der Waals surface area contributed by atoms with Crippen LogP contribution in [-0.2, 0) is 0 Å². The summed E-state index contributed by atoms with van der Waals surface area (Å²) in [6.07, 6.45) is 46.7. The van der Waals surface area contributed by atoms with Crippen molar-refractivity contribution in [3.63, 3.8) is 0 Å². The summed E-state index contributed by atoms with van der Waals surface area (Å²) < 4.78 is 1.47. The molecule has 0 atom stereocenters. The molecule has 10 heteroatoms. The second-order valence-electron chi connectivity index (χ2n) is 23.9. The molecule has 0 amide bonds. The standard InChI is InChI=1S/C40H84N.C32H18N8.Li.H/c1-5-9-13-16-19-22-25-28-31-34-38-41(37-12-8-4,39-35-32-29-26-23-20-17-14-10-6-2)40-36-33-30-27-24-21-18-15-11-7-3;1-2-10-18-17(9-1)25-33-26(18)38-28-21-13-5-6-14-22(21)30(35-28)40-32-24-16-8-7-15-23(24)31(36-32)39-29-20-12-4-3-11-19(20)27(34-29)37-25;;/h5-40H2,1-4H3;1-16H,(H2,33,34,35,36,37,38,39,40);;/q+1;;;. The van der Waals surface area contributed by atoms with Crippen molar-refractivity contribution < 1.29 is 4.48 Å². The van der Waals surface area contributed by atoms with Crippen molar-refractivity contribution in [1.82, 2.24) is 39.9 Å². The number of fused-ring (bicyclic) bond motifs is 20. The van der Waals surface area contributed by atoms with Crippen LogP contribution in [-0.4, -0.2) is 89.4 Å². The molecule has 2 N–H and O–H groups in total. The van der Waals surface area contributed by atoms with Crippen LogP contribution >= 0.6 is 0 Å². The molecule has 7 aromatic rings. The van der Waals surface area contributed by atoms with Crippen LogP contribution in [0.15, 0.2) is 97.1 Å². The molecule has 436 valence electrons. The van der Waals surface area contributed by atoms with Crippen molar-refractivity contribution in [3.05, 3.63) is 97.1 Å². The first kappa shape index (κ1) is 64.4. The molecule has 2 aliphatic rings. The molecular weight excluding hydrogens is 998 g/mol. The Hall–Kier alpha value is -5.20. The van der Waals surface area contributed by atoms with E-state index >= 15 is 0 Å².